The van der Waals surface area contributed by atoms with Gasteiger partial charge in [-0.15, -0.1) is 0 Å². The van der Waals surface area contributed by atoms with Crippen molar-refractivity contribution in [1.82, 2.24) is 0 Å². The lowest BCUT2D eigenvalue weighted by Crippen LogP contribution is -2.08. The Morgan fingerprint density at radius 2 is 2.20 bits per heavy atom. The molecule has 10 heavy (non-hydrogen) atoms. The molecule has 0 amide bonds. The van der Waals surface area contributed by atoms with Crippen molar-refractivity contribution in [3.05, 3.63) is 11.3 Å². The van der Waals surface area contributed by atoms with E-state index < -0.39 is 0 Å². The molecule has 0 bridgehead atoms. The Kier molecular flexibility index (Phi) is 3.39. The van der Waals surface area contributed by atoms with Crippen LogP contribution in [0.2, 0.25) is 0 Å². The van der Waals surface area contributed by atoms with Crippen molar-refractivity contribution >= 4 is 12.0 Å². The SMILES string of the molecule is CC/C(N)=C(\C)C(=N)C=O. The van der Waals surface area contributed by atoms with Gasteiger partial charge in [-0.3, -0.25) is 10.2 Å². The van der Waals surface area contributed by atoms with Gasteiger partial charge >= 0.3 is 0 Å². The third-order valence-electron chi connectivity index (χ3n) is 1.38. The van der Waals surface area contributed by atoms with E-state index in [0.717, 1.165) is 0 Å². The van der Waals surface area contributed by atoms with Gasteiger partial charge in [0.2, 0.25) is 0 Å². The predicted octanol–water partition coefficient (Wildman–Crippen LogP) is 0.848. The molecule has 0 saturated carbocycles. The van der Waals surface area contributed by atoms with E-state index in [1.165, 1.54) is 0 Å². The maximum Gasteiger partial charge on any atom is 0.168 e. The van der Waals surface area contributed by atoms with Crippen molar-refractivity contribution in [3.8, 4) is 0 Å². The number of nitrogens with one attached hydrogen (secondary N) is 1. The minimum Gasteiger partial charge on any atom is -0.402 e. The fourth-order valence-electron chi connectivity index (χ4n) is 0.527. The number of aldehydes is 1. The Bertz CT molecular complexity index is 182. The number of carbonyl (C=O) groups excluding carboxylic acids is 1. The second-order valence-corrected chi connectivity index (χ2v) is 2.04. The zero-order valence-electron chi connectivity index (χ0n) is 6.27. The van der Waals surface area contributed by atoms with Crippen molar-refractivity contribution in [2.24, 2.45) is 5.73 Å². The van der Waals surface area contributed by atoms with Gasteiger partial charge in [-0.2, -0.15) is 0 Å². The molecule has 0 atom stereocenters. The maximum atomic E-state index is 10.1. The van der Waals surface area contributed by atoms with Crippen LogP contribution >= 0.6 is 0 Å². The number of nitrogens with two attached hydrogens (primary N) is 1. The van der Waals surface area contributed by atoms with Crippen molar-refractivity contribution in [1.29, 1.82) is 5.41 Å². The maximum absolute atomic E-state index is 10.1. The second kappa shape index (κ2) is 3.82. The summed E-state index contributed by atoms with van der Waals surface area (Å²) >= 11 is 0. The number of hydrogen-bond acceptors (Lipinski definition) is 3. The van der Waals surface area contributed by atoms with Crippen LogP contribution in [0.3, 0.4) is 0 Å². The van der Waals surface area contributed by atoms with Gasteiger partial charge in [-0.25, -0.2) is 0 Å². The van der Waals surface area contributed by atoms with E-state index in [-0.39, 0.29) is 5.71 Å². The van der Waals surface area contributed by atoms with Crippen molar-refractivity contribution < 1.29 is 4.79 Å². The van der Waals surface area contributed by atoms with Crippen LogP contribution in [0.5, 0.6) is 0 Å². The summed E-state index contributed by atoms with van der Waals surface area (Å²) in [4.78, 5) is 10.1. The first-order valence-electron chi connectivity index (χ1n) is 3.12. The minimum absolute atomic E-state index is 0.0284. The van der Waals surface area contributed by atoms with Gasteiger partial charge in [0.25, 0.3) is 0 Å². The molecular weight excluding hydrogens is 128 g/mol. The monoisotopic (exact) mass is 140 g/mol. The fraction of sp³-hybridized carbons (Fsp3) is 0.429. The topological polar surface area (TPSA) is 66.9 Å². The van der Waals surface area contributed by atoms with Crippen LogP contribution in [0.1, 0.15) is 20.3 Å². The molecule has 0 radical (unpaired) electrons. The molecule has 3 heteroatoms. The molecule has 0 fully saturated rings. The first kappa shape index (κ1) is 8.88. The lowest BCUT2D eigenvalue weighted by Gasteiger charge is -2.00. The van der Waals surface area contributed by atoms with E-state index in [0.29, 0.717) is 24.0 Å². The standard InChI is InChI=1S/C7H12N2O/c1-3-6(8)5(2)7(9)4-10/h4,9H,3,8H2,1-2H3/b6-5-,9-7?. The average Bonchev–Trinajstić information content (AvgIpc) is 2.00. The minimum atomic E-state index is -0.0284. The van der Waals surface area contributed by atoms with E-state index >= 15 is 0 Å². The molecule has 3 nitrogen and oxygen atoms in total. The highest BCUT2D eigenvalue weighted by atomic mass is 16.1. The number of allylic oxidation sites excluding steroid dienone is 2. The van der Waals surface area contributed by atoms with Crippen LogP contribution < -0.4 is 5.73 Å². The van der Waals surface area contributed by atoms with Gasteiger partial charge in [0.05, 0.1) is 5.71 Å². The zero-order valence-corrected chi connectivity index (χ0v) is 6.27. The van der Waals surface area contributed by atoms with Crippen LogP contribution in [0.15, 0.2) is 11.3 Å². The zero-order chi connectivity index (χ0) is 8.15. The van der Waals surface area contributed by atoms with Crippen LogP contribution in [-0.2, 0) is 4.79 Å². The largest absolute Gasteiger partial charge is 0.402 e. The number of carbonyl (C=O) groups is 1. The highest BCUT2D eigenvalue weighted by Gasteiger charge is 2.00. The number of hydrogen-bond donors (Lipinski definition) is 2. The lowest BCUT2D eigenvalue weighted by atomic mass is 10.1. The van der Waals surface area contributed by atoms with E-state index in [2.05, 4.69) is 0 Å². The molecule has 0 rings (SSSR count). The van der Waals surface area contributed by atoms with E-state index in [1.54, 1.807) is 6.92 Å². The predicted molar refractivity (Wildman–Crippen MR) is 41.0 cm³/mol. The Labute approximate surface area is 60.4 Å². The van der Waals surface area contributed by atoms with E-state index in [1.807, 2.05) is 6.92 Å². The van der Waals surface area contributed by atoms with Gasteiger partial charge in [0.1, 0.15) is 0 Å². The van der Waals surface area contributed by atoms with Gasteiger partial charge in [0.15, 0.2) is 6.29 Å². The third kappa shape index (κ3) is 2.01. The lowest BCUT2D eigenvalue weighted by molar-refractivity contribution is -0.102. The Morgan fingerprint density at radius 1 is 1.70 bits per heavy atom. The molecule has 0 heterocycles. The summed E-state index contributed by atoms with van der Waals surface area (Å²) in [5, 5.41) is 7.07. The summed E-state index contributed by atoms with van der Waals surface area (Å²) in [6.07, 6.45) is 1.18. The highest BCUT2D eigenvalue weighted by molar-refractivity contribution is 6.34. The number of rotatable bonds is 3. The molecule has 0 spiro atoms. The Hall–Kier alpha value is -1.12. The molecule has 3 N–H and O–H groups in total. The molecule has 0 aromatic rings. The summed E-state index contributed by atoms with van der Waals surface area (Å²) < 4.78 is 0. The summed E-state index contributed by atoms with van der Waals surface area (Å²) in [5.74, 6) is 0. The smallest absolute Gasteiger partial charge is 0.168 e. The van der Waals surface area contributed by atoms with Gasteiger partial charge in [-0.05, 0) is 18.9 Å². The van der Waals surface area contributed by atoms with Crippen molar-refractivity contribution in [2.75, 3.05) is 0 Å². The van der Waals surface area contributed by atoms with Crippen molar-refractivity contribution in [3.63, 3.8) is 0 Å². The first-order chi connectivity index (χ1) is 4.63. The highest BCUT2D eigenvalue weighted by Crippen LogP contribution is 2.01. The molecule has 56 valence electrons. The third-order valence-corrected chi connectivity index (χ3v) is 1.38. The molecular formula is C7H12N2O. The Balaban J connectivity index is 4.45. The molecule has 0 saturated heterocycles. The Morgan fingerprint density at radius 3 is 2.50 bits per heavy atom. The van der Waals surface area contributed by atoms with Crippen LogP contribution in [0.4, 0.5) is 0 Å². The second-order valence-electron chi connectivity index (χ2n) is 2.04. The van der Waals surface area contributed by atoms with Gasteiger partial charge in [0, 0.05) is 5.70 Å². The molecule has 0 aliphatic rings. The van der Waals surface area contributed by atoms with Crippen LogP contribution in [0.25, 0.3) is 0 Å². The summed E-state index contributed by atoms with van der Waals surface area (Å²) in [6.45, 7) is 3.56. The molecule has 0 aliphatic carbocycles. The normalized spacial score (nSPS) is 12.2. The van der Waals surface area contributed by atoms with Gasteiger partial charge in [-0.1, -0.05) is 6.92 Å². The average molecular weight is 140 g/mol. The van der Waals surface area contributed by atoms with E-state index in [9.17, 15) is 4.79 Å². The molecule has 0 unspecified atom stereocenters. The van der Waals surface area contributed by atoms with E-state index in [4.69, 9.17) is 11.1 Å². The quantitative estimate of drug-likeness (QED) is 0.450. The van der Waals surface area contributed by atoms with Crippen LogP contribution in [-0.4, -0.2) is 12.0 Å². The summed E-state index contributed by atoms with van der Waals surface area (Å²) in [5.41, 5.74) is 6.63. The molecule has 0 aromatic heterocycles. The summed E-state index contributed by atoms with van der Waals surface area (Å²) in [7, 11) is 0. The van der Waals surface area contributed by atoms with Crippen LogP contribution in [0, 0.1) is 5.41 Å². The molecule has 0 aliphatic heterocycles. The van der Waals surface area contributed by atoms with Crippen molar-refractivity contribution in [2.45, 2.75) is 20.3 Å². The van der Waals surface area contributed by atoms with Gasteiger partial charge < -0.3 is 5.73 Å². The molecule has 0 aromatic carbocycles. The fourth-order valence-corrected chi connectivity index (χ4v) is 0.527. The first-order valence-corrected chi connectivity index (χ1v) is 3.12. The summed E-state index contributed by atoms with van der Waals surface area (Å²) in [6, 6.07) is 0.